The molecule has 4 heteroatoms. The standard InChI is InChI=1S/C15H25NO2S/c1-4-5-10-18-15-8-6-14(7-9-15)12-16-11-13(2)19(3)17/h6-9,13,16H,4-5,10-12H2,1-3H3. The molecule has 0 fully saturated rings. The van der Waals surface area contributed by atoms with E-state index in [2.05, 4.69) is 24.4 Å². The first kappa shape index (κ1) is 16.2. The summed E-state index contributed by atoms with van der Waals surface area (Å²) < 4.78 is 16.8. The van der Waals surface area contributed by atoms with Gasteiger partial charge in [0.1, 0.15) is 5.75 Å². The Morgan fingerprint density at radius 3 is 2.58 bits per heavy atom. The lowest BCUT2D eigenvalue weighted by molar-refractivity contribution is 0.309. The summed E-state index contributed by atoms with van der Waals surface area (Å²) in [5.41, 5.74) is 1.22. The molecule has 1 aromatic rings. The van der Waals surface area contributed by atoms with Gasteiger partial charge in [0.15, 0.2) is 0 Å². The van der Waals surface area contributed by atoms with Crippen LogP contribution in [0.2, 0.25) is 0 Å². The van der Waals surface area contributed by atoms with Gasteiger partial charge >= 0.3 is 0 Å². The second-order valence-electron chi connectivity index (χ2n) is 4.79. The highest BCUT2D eigenvalue weighted by Gasteiger charge is 2.04. The number of nitrogens with one attached hydrogen (secondary N) is 1. The van der Waals surface area contributed by atoms with E-state index >= 15 is 0 Å². The topological polar surface area (TPSA) is 38.3 Å². The van der Waals surface area contributed by atoms with E-state index in [0.29, 0.717) is 0 Å². The van der Waals surface area contributed by atoms with Gasteiger partial charge in [-0.2, -0.15) is 0 Å². The summed E-state index contributed by atoms with van der Waals surface area (Å²) in [5, 5.41) is 3.51. The van der Waals surface area contributed by atoms with E-state index < -0.39 is 10.8 Å². The number of rotatable bonds is 9. The van der Waals surface area contributed by atoms with Gasteiger partial charge < -0.3 is 10.1 Å². The fourth-order valence-electron chi connectivity index (χ4n) is 1.58. The molecule has 19 heavy (non-hydrogen) atoms. The highest BCUT2D eigenvalue weighted by molar-refractivity contribution is 7.84. The van der Waals surface area contributed by atoms with Gasteiger partial charge in [-0.15, -0.1) is 0 Å². The second kappa shape index (κ2) is 9.10. The van der Waals surface area contributed by atoms with Crippen molar-refractivity contribution >= 4 is 10.8 Å². The van der Waals surface area contributed by atoms with Gasteiger partial charge in [-0.3, -0.25) is 4.21 Å². The van der Waals surface area contributed by atoms with Gasteiger partial charge in [-0.25, -0.2) is 0 Å². The summed E-state index contributed by atoms with van der Waals surface area (Å²) in [5.74, 6) is 0.931. The van der Waals surface area contributed by atoms with Crippen LogP contribution in [0.5, 0.6) is 5.75 Å². The average Bonchev–Trinajstić information content (AvgIpc) is 2.40. The van der Waals surface area contributed by atoms with E-state index in [1.807, 2.05) is 19.1 Å². The third-order valence-corrected chi connectivity index (χ3v) is 4.32. The Balaban J connectivity index is 2.30. The minimum atomic E-state index is -0.759. The molecule has 0 saturated carbocycles. The molecule has 3 nitrogen and oxygen atoms in total. The zero-order valence-electron chi connectivity index (χ0n) is 12.1. The molecule has 0 spiro atoms. The number of unbranched alkanes of at least 4 members (excludes halogenated alkanes) is 1. The third-order valence-electron chi connectivity index (χ3n) is 3.02. The molecule has 0 aliphatic heterocycles. The lowest BCUT2D eigenvalue weighted by atomic mass is 10.2. The van der Waals surface area contributed by atoms with Crippen molar-refractivity contribution in [2.24, 2.45) is 0 Å². The number of benzene rings is 1. The van der Waals surface area contributed by atoms with E-state index in [9.17, 15) is 4.21 Å². The first-order valence-electron chi connectivity index (χ1n) is 6.88. The van der Waals surface area contributed by atoms with Gasteiger partial charge in [0.25, 0.3) is 0 Å². The maximum Gasteiger partial charge on any atom is 0.119 e. The van der Waals surface area contributed by atoms with Gasteiger partial charge in [0.05, 0.1) is 6.61 Å². The fourth-order valence-corrected chi connectivity index (χ4v) is 1.93. The SMILES string of the molecule is CCCCOc1ccc(CNCC(C)S(C)=O)cc1. The van der Waals surface area contributed by atoms with Gasteiger partial charge in [-0.1, -0.05) is 25.5 Å². The number of hydrogen-bond acceptors (Lipinski definition) is 3. The van der Waals surface area contributed by atoms with E-state index in [0.717, 1.165) is 38.3 Å². The first-order valence-corrected chi connectivity index (χ1v) is 8.50. The first-order chi connectivity index (χ1) is 9.13. The summed E-state index contributed by atoms with van der Waals surface area (Å²) in [4.78, 5) is 0. The molecule has 0 aromatic heterocycles. The molecule has 108 valence electrons. The van der Waals surface area contributed by atoms with Crippen molar-refractivity contribution in [2.75, 3.05) is 19.4 Å². The normalized spacial score (nSPS) is 14.1. The zero-order valence-corrected chi connectivity index (χ0v) is 13.0. The monoisotopic (exact) mass is 283 g/mol. The van der Waals surface area contributed by atoms with Crippen molar-refractivity contribution in [3.63, 3.8) is 0 Å². The molecular formula is C15H25NO2S. The van der Waals surface area contributed by atoms with Crippen LogP contribution < -0.4 is 10.1 Å². The van der Waals surface area contributed by atoms with Gasteiger partial charge in [0.2, 0.25) is 0 Å². The third kappa shape index (κ3) is 6.73. The summed E-state index contributed by atoms with van der Waals surface area (Å²) >= 11 is 0. The molecule has 0 aliphatic rings. The minimum absolute atomic E-state index is 0.191. The van der Waals surface area contributed by atoms with Crippen LogP contribution in [0.4, 0.5) is 0 Å². The molecule has 0 amide bonds. The molecule has 0 saturated heterocycles. The molecule has 0 bridgehead atoms. The van der Waals surface area contributed by atoms with Crippen LogP contribution in [0.1, 0.15) is 32.3 Å². The summed E-state index contributed by atoms with van der Waals surface area (Å²) in [6.45, 7) is 6.51. The Morgan fingerprint density at radius 1 is 1.32 bits per heavy atom. The molecule has 0 radical (unpaired) electrons. The zero-order chi connectivity index (χ0) is 14.1. The number of ether oxygens (including phenoxy) is 1. The van der Waals surface area contributed by atoms with Crippen LogP contribution >= 0.6 is 0 Å². The molecule has 0 aliphatic carbocycles. The van der Waals surface area contributed by atoms with E-state index in [1.54, 1.807) is 6.26 Å². The Hall–Kier alpha value is -0.870. The molecule has 0 heterocycles. The number of hydrogen-bond donors (Lipinski definition) is 1. The van der Waals surface area contributed by atoms with Crippen molar-refractivity contribution in [1.82, 2.24) is 5.32 Å². The van der Waals surface area contributed by atoms with Crippen LogP contribution in [-0.2, 0) is 17.3 Å². The quantitative estimate of drug-likeness (QED) is 0.708. The second-order valence-corrected chi connectivity index (χ2v) is 6.59. The lowest BCUT2D eigenvalue weighted by Crippen LogP contribution is -2.27. The lowest BCUT2D eigenvalue weighted by Gasteiger charge is -2.10. The average molecular weight is 283 g/mol. The van der Waals surface area contributed by atoms with Crippen LogP contribution in [0.3, 0.4) is 0 Å². The van der Waals surface area contributed by atoms with Crippen LogP contribution in [0.15, 0.2) is 24.3 Å². The molecular weight excluding hydrogens is 258 g/mol. The predicted octanol–water partition coefficient (Wildman–Crippen LogP) is 2.72. The van der Waals surface area contributed by atoms with E-state index in [1.165, 1.54) is 5.56 Å². The molecule has 1 rings (SSSR count). The Kier molecular flexibility index (Phi) is 7.75. The van der Waals surface area contributed by atoms with Crippen molar-refractivity contribution in [3.8, 4) is 5.75 Å². The Labute approximate surface area is 119 Å². The van der Waals surface area contributed by atoms with Crippen LogP contribution in [0, 0.1) is 0 Å². The summed E-state index contributed by atoms with van der Waals surface area (Å²) in [6.07, 6.45) is 3.99. The maximum absolute atomic E-state index is 11.2. The molecule has 1 aromatic carbocycles. The highest BCUT2D eigenvalue weighted by atomic mass is 32.2. The Morgan fingerprint density at radius 2 is 2.00 bits per heavy atom. The van der Waals surface area contributed by atoms with Gasteiger partial charge in [-0.05, 0) is 31.0 Å². The highest BCUT2D eigenvalue weighted by Crippen LogP contribution is 2.12. The van der Waals surface area contributed by atoms with Crippen molar-refractivity contribution < 1.29 is 8.95 Å². The van der Waals surface area contributed by atoms with Crippen LogP contribution in [0.25, 0.3) is 0 Å². The molecule has 1 N–H and O–H groups in total. The van der Waals surface area contributed by atoms with Crippen molar-refractivity contribution in [3.05, 3.63) is 29.8 Å². The smallest absolute Gasteiger partial charge is 0.119 e. The van der Waals surface area contributed by atoms with E-state index in [4.69, 9.17) is 4.74 Å². The Bertz CT molecular complexity index is 378. The predicted molar refractivity (Wildman–Crippen MR) is 82.1 cm³/mol. The van der Waals surface area contributed by atoms with Crippen LogP contribution in [-0.4, -0.2) is 28.9 Å². The van der Waals surface area contributed by atoms with Gasteiger partial charge in [0, 0.05) is 35.4 Å². The fraction of sp³-hybridized carbons (Fsp3) is 0.600. The largest absolute Gasteiger partial charge is 0.494 e. The summed E-state index contributed by atoms with van der Waals surface area (Å²) in [7, 11) is -0.759. The molecule has 2 atom stereocenters. The van der Waals surface area contributed by atoms with E-state index in [-0.39, 0.29) is 5.25 Å². The van der Waals surface area contributed by atoms with Crippen molar-refractivity contribution in [1.29, 1.82) is 0 Å². The summed E-state index contributed by atoms with van der Waals surface area (Å²) in [6, 6.07) is 8.16. The maximum atomic E-state index is 11.2. The van der Waals surface area contributed by atoms with Crippen molar-refractivity contribution in [2.45, 2.75) is 38.5 Å². The molecule has 2 unspecified atom stereocenters. The minimum Gasteiger partial charge on any atom is -0.494 e.